The van der Waals surface area contributed by atoms with Crippen LogP contribution in [0.25, 0.3) is 0 Å². The molecule has 0 heterocycles. The zero-order chi connectivity index (χ0) is 13.9. The van der Waals surface area contributed by atoms with Crippen molar-refractivity contribution in [1.29, 1.82) is 0 Å². The number of amides is 1. The summed E-state index contributed by atoms with van der Waals surface area (Å²) < 4.78 is 5.46. The predicted molar refractivity (Wildman–Crippen MR) is 75.6 cm³/mol. The molecule has 0 saturated heterocycles. The van der Waals surface area contributed by atoms with Crippen molar-refractivity contribution in [2.45, 2.75) is 44.8 Å². The summed E-state index contributed by atoms with van der Waals surface area (Å²) >= 11 is 0. The number of carbonyl (C=O) groups excluding carboxylic acids is 1. The molecule has 1 aliphatic carbocycles. The second-order valence-corrected chi connectivity index (χ2v) is 5.33. The SMILES string of the molecule is COC1(CC(=O)NCc2cccc(N)c2C)CCC1. The van der Waals surface area contributed by atoms with E-state index >= 15 is 0 Å². The van der Waals surface area contributed by atoms with Gasteiger partial charge in [0.15, 0.2) is 0 Å². The Morgan fingerprint density at radius 1 is 1.47 bits per heavy atom. The molecule has 0 bridgehead atoms. The molecule has 3 N–H and O–H groups in total. The van der Waals surface area contributed by atoms with Crippen LogP contribution < -0.4 is 11.1 Å². The molecule has 0 atom stereocenters. The summed E-state index contributed by atoms with van der Waals surface area (Å²) in [6.45, 7) is 2.49. The largest absolute Gasteiger partial charge is 0.399 e. The molecule has 4 heteroatoms. The highest BCUT2D eigenvalue weighted by Gasteiger charge is 2.38. The third kappa shape index (κ3) is 3.07. The molecule has 0 spiro atoms. The number of carbonyl (C=O) groups is 1. The lowest BCUT2D eigenvalue weighted by Crippen LogP contribution is -2.43. The van der Waals surface area contributed by atoms with Crippen LogP contribution in [0.1, 0.15) is 36.8 Å². The summed E-state index contributed by atoms with van der Waals surface area (Å²) in [6, 6.07) is 5.77. The lowest BCUT2D eigenvalue weighted by Gasteiger charge is -2.39. The van der Waals surface area contributed by atoms with Gasteiger partial charge in [0.1, 0.15) is 0 Å². The van der Waals surface area contributed by atoms with Crippen LogP contribution in [0.2, 0.25) is 0 Å². The van der Waals surface area contributed by atoms with Crippen LogP contribution in [-0.2, 0) is 16.1 Å². The maximum atomic E-state index is 12.0. The average molecular weight is 262 g/mol. The zero-order valence-electron chi connectivity index (χ0n) is 11.7. The van der Waals surface area contributed by atoms with Gasteiger partial charge in [-0.1, -0.05) is 12.1 Å². The van der Waals surface area contributed by atoms with Gasteiger partial charge in [-0.05, 0) is 43.4 Å². The lowest BCUT2D eigenvalue weighted by molar-refractivity contribution is -0.134. The van der Waals surface area contributed by atoms with Crippen molar-refractivity contribution in [2.75, 3.05) is 12.8 Å². The average Bonchev–Trinajstić information content (AvgIpc) is 2.36. The highest BCUT2D eigenvalue weighted by molar-refractivity contribution is 5.77. The standard InChI is InChI=1S/C15H22N2O2/c1-11-12(5-3-6-13(11)16)10-17-14(18)9-15(19-2)7-4-8-15/h3,5-6H,4,7-10,16H2,1-2H3,(H,17,18). The highest BCUT2D eigenvalue weighted by Crippen LogP contribution is 2.37. The van der Waals surface area contributed by atoms with Crippen molar-refractivity contribution >= 4 is 11.6 Å². The van der Waals surface area contributed by atoms with Gasteiger partial charge in [-0.3, -0.25) is 4.79 Å². The van der Waals surface area contributed by atoms with Gasteiger partial charge < -0.3 is 15.8 Å². The van der Waals surface area contributed by atoms with Gasteiger partial charge >= 0.3 is 0 Å². The maximum absolute atomic E-state index is 12.0. The van der Waals surface area contributed by atoms with Crippen LogP contribution in [-0.4, -0.2) is 18.6 Å². The van der Waals surface area contributed by atoms with Gasteiger partial charge in [0.25, 0.3) is 0 Å². The predicted octanol–water partition coefficient (Wildman–Crippen LogP) is 2.15. The Labute approximate surface area is 114 Å². The van der Waals surface area contributed by atoms with E-state index in [4.69, 9.17) is 10.5 Å². The lowest BCUT2D eigenvalue weighted by atomic mass is 9.77. The van der Waals surface area contributed by atoms with Gasteiger partial charge in [0.05, 0.1) is 12.0 Å². The number of nitrogen functional groups attached to an aromatic ring is 1. The Balaban J connectivity index is 1.88. The van der Waals surface area contributed by atoms with E-state index in [0.29, 0.717) is 13.0 Å². The minimum atomic E-state index is -0.213. The minimum absolute atomic E-state index is 0.0448. The highest BCUT2D eigenvalue weighted by atomic mass is 16.5. The second-order valence-electron chi connectivity index (χ2n) is 5.33. The molecule has 1 amide bonds. The van der Waals surface area contributed by atoms with Crippen LogP contribution in [0.3, 0.4) is 0 Å². The first-order valence-corrected chi connectivity index (χ1v) is 6.72. The van der Waals surface area contributed by atoms with Gasteiger partial charge in [-0.2, -0.15) is 0 Å². The first kappa shape index (κ1) is 13.9. The molecule has 104 valence electrons. The van der Waals surface area contributed by atoms with Crippen LogP contribution in [0.15, 0.2) is 18.2 Å². The van der Waals surface area contributed by atoms with Crippen molar-refractivity contribution in [3.8, 4) is 0 Å². The minimum Gasteiger partial charge on any atom is -0.399 e. The van der Waals surface area contributed by atoms with Gasteiger partial charge in [0, 0.05) is 19.3 Å². The summed E-state index contributed by atoms with van der Waals surface area (Å²) in [4.78, 5) is 12.0. The molecular weight excluding hydrogens is 240 g/mol. The quantitative estimate of drug-likeness (QED) is 0.799. The smallest absolute Gasteiger partial charge is 0.223 e. The molecule has 1 aromatic carbocycles. The number of rotatable bonds is 5. The molecule has 1 saturated carbocycles. The Morgan fingerprint density at radius 2 is 2.21 bits per heavy atom. The molecule has 0 radical (unpaired) electrons. The summed E-state index contributed by atoms with van der Waals surface area (Å²) in [7, 11) is 1.69. The van der Waals surface area contributed by atoms with Gasteiger partial charge in [0.2, 0.25) is 5.91 Å². The molecule has 4 nitrogen and oxygen atoms in total. The number of hydrogen-bond donors (Lipinski definition) is 2. The normalized spacial score (nSPS) is 16.7. The van der Waals surface area contributed by atoms with Crippen LogP contribution in [0.5, 0.6) is 0 Å². The molecule has 2 rings (SSSR count). The molecule has 0 aliphatic heterocycles. The molecule has 19 heavy (non-hydrogen) atoms. The van der Waals surface area contributed by atoms with Crippen molar-refractivity contribution in [3.63, 3.8) is 0 Å². The second kappa shape index (κ2) is 5.61. The van der Waals surface area contributed by atoms with Crippen LogP contribution >= 0.6 is 0 Å². The van der Waals surface area contributed by atoms with Gasteiger partial charge in [-0.15, -0.1) is 0 Å². The van der Waals surface area contributed by atoms with Crippen molar-refractivity contribution in [1.82, 2.24) is 5.32 Å². The topological polar surface area (TPSA) is 64.3 Å². The fourth-order valence-corrected chi connectivity index (χ4v) is 2.47. The van der Waals surface area contributed by atoms with E-state index < -0.39 is 0 Å². The van der Waals surface area contributed by atoms with E-state index in [0.717, 1.165) is 36.1 Å². The molecule has 0 unspecified atom stereocenters. The number of methoxy groups -OCH3 is 1. The third-order valence-electron chi connectivity index (χ3n) is 4.14. The van der Waals surface area contributed by atoms with Crippen LogP contribution in [0.4, 0.5) is 5.69 Å². The Morgan fingerprint density at radius 3 is 2.79 bits per heavy atom. The zero-order valence-corrected chi connectivity index (χ0v) is 11.7. The fourth-order valence-electron chi connectivity index (χ4n) is 2.47. The molecule has 1 aromatic rings. The number of nitrogens with two attached hydrogens (primary N) is 1. The maximum Gasteiger partial charge on any atom is 0.223 e. The molecule has 1 fully saturated rings. The summed E-state index contributed by atoms with van der Waals surface area (Å²) in [5, 5.41) is 2.95. The number of nitrogens with one attached hydrogen (secondary N) is 1. The number of benzene rings is 1. The Hall–Kier alpha value is -1.55. The first-order valence-electron chi connectivity index (χ1n) is 6.72. The van der Waals surface area contributed by atoms with E-state index in [-0.39, 0.29) is 11.5 Å². The third-order valence-corrected chi connectivity index (χ3v) is 4.14. The monoisotopic (exact) mass is 262 g/mol. The van der Waals surface area contributed by atoms with E-state index in [1.807, 2.05) is 25.1 Å². The van der Waals surface area contributed by atoms with E-state index in [1.54, 1.807) is 7.11 Å². The first-order chi connectivity index (χ1) is 9.06. The summed E-state index contributed by atoms with van der Waals surface area (Å²) in [5.74, 6) is 0.0448. The van der Waals surface area contributed by atoms with Crippen molar-refractivity contribution in [3.05, 3.63) is 29.3 Å². The summed E-state index contributed by atoms with van der Waals surface area (Å²) in [6.07, 6.45) is 3.56. The molecule has 0 aromatic heterocycles. The number of ether oxygens (including phenoxy) is 1. The van der Waals surface area contributed by atoms with E-state index in [9.17, 15) is 4.79 Å². The fraction of sp³-hybridized carbons (Fsp3) is 0.533. The number of anilines is 1. The van der Waals surface area contributed by atoms with Gasteiger partial charge in [-0.25, -0.2) is 0 Å². The number of hydrogen-bond acceptors (Lipinski definition) is 3. The Bertz CT molecular complexity index is 462. The van der Waals surface area contributed by atoms with Crippen molar-refractivity contribution < 1.29 is 9.53 Å². The van der Waals surface area contributed by atoms with E-state index in [1.165, 1.54) is 0 Å². The van der Waals surface area contributed by atoms with Crippen LogP contribution in [0, 0.1) is 6.92 Å². The Kier molecular flexibility index (Phi) is 4.10. The van der Waals surface area contributed by atoms with Crippen molar-refractivity contribution in [2.24, 2.45) is 0 Å². The molecule has 1 aliphatic rings. The molecular formula is C15H22N2O2. The summed E-state index contributed by atoms with van der Waals surface area (Å²) in [5.41, 5.74) is 8.50. The van der Waals surface area contributed by atoms with E-state index in [2.05, 4.69) is 5.32 Å².